The Labute approximate surface area is 178 Å². The number of nitrogens with zero attached hydrogens (tertiary/aromatic N) is 1. The van der Waals surface area contributed by atoms with Gasteiger partial charge in [0.25, 0.3) is 5.91 Å². The van der Waals surface area contributed by atoms with Crippen molar-refractivity contribution < 1.29 is 41.0 Å². The molecule has 1 atom stereocenters. The molecule has 0 spiro atoms. The van der Waals surface area contributed by atoms with Crippen LogP contribution in [0.5, 0.6) is 5.75 Å². The fraction of sp³-hybridized carbons (Fsp3) is 0.333. The largest absolute Gasteiger partial charge is 0.507 e. The summed E-state index contributed by atoms with van der Waals surface area (Å²) in [5.41, 5.74) is -2.47. The molecule has 2 aromatic carbocycles. The molecule has 2 amide bonds. The van der Waals surface area contributed by atoms with Crippen molar-refractivity contribution >= 4 is 11.8 Å². The lowest BCUT2D eigenvalue weighted by Crippen LogP contribution is -2.49. The van der Waals surface area contributed by atoms with Crippen LogP contribution >= 0.6 is 0 Å². The summed E-state index contributed by atoms with van der Waals surface area (Å²) in [5.74, 6) is -2.10. The van der Waals surface area contributed by atoms with Crippen LogP contribution in [0.1, 0.15) is 39.9 Å². The fourth-order valence-electron chi connectivity index (χ4n) is 3.49. The smallest absolute Gasteiger partial charge is 0.416 e. The first-order valence-electron chi connectivity index (χ1n) is 9.50. The van der Waals surface area contributed by atoms with Crippen LogP contribution in [0.3, 0.4) is 0 Å². The van der Waals surface area contributed by atoms with Crippen LogP contribution in [0.15, 0.2) is 42.5 Å². The molecule has 1 aliphatic heterocycles. The van der Waals surface area contributed by atoms with E-state index >= 15 is 0 Å². The maximum absolute atomic E-state index is 13.2. The Kier molecular flexibility index (Phi) is 6.38. The van der Waals surface area contributed by atoms with Gasteiger partial charge < -0.3 is 15.3 Å². The summed E-state index contributed by atoms with van der Waals surface area (Å²) in [6.45, 7) is -0.398. The summed E-state index contributed by atoms with van der Waals surface area (Å²) >= 11 is 0. The lowest BCUT2D eigenvalue weighted by molar-refractivity contribution is -0.140. The van der Waals surface area contributed by atoms with Crippen molar-refractivity contribution in [3.8, 4) is 5.75 Å². The van der Waals surface area contributed by atoms with Crippen molar-refractivity contribution in [2.24, 2.45) is 0 Å². The van der Waals surface area contributed by atoms with Gasteiger partial charge in [-0.3, -0.25) is 9.59 Å². The molecule has 1 saturated heterocycles. The maximum Gasteiger partial charge on any atom is 0.416 e. The minimum Gasteiger partial charge on any atom is -0.507 e. The number of hydrogen-bond acceptors (Lipinski definition) is 3. The number of phenolic OH excluding ortho intramolecular Hbond substituents is 1. The first kappa shape index (κ1) is 23.4. The molecule has 3 rings (SSSR count). The van der Waals surface area contributed by atoms with Gasteiger partial charge in [0.2, 0.25) is 5.91 Å². The number of phenols is 1. The van der Waals surface area contributed by atoms with Gasteiger partial charge in [0.15, 0.2) is 0 Å². The van der Waals surface area contributed by atoms with E-state index in [1.54, 1.807) is 0 Å². The summed E-state index contributed by atoms with van der Waals surface area (Å²) < 4.78 is 77.8. The van der Waals surface area contributed by atoms with Crippen LogP contribution < -0.4 is 5.32 Å². The van der Waals surface area contributed by atoms with Crippen LogP contribution in [-0.2, 0) is 23.7 Å². The normalized spacial score (nSPS) is 17.4. The van der Waals surface area contributed by atoms with Gasteiger partial charge in [-0.1, -0.05) is 18.2 Å². The number of carbonyl (C=O) groups excluding carboxylic acids is 2. The molecule has 0 aliphatic carbocycles. The average Bonchev–Trinajstić information content (AvgIpc) is 2.69. The van der Waals surface area contributed by atoms with Crippen molar-refractivity contribution in [3.05, 3.63) is 64.7 Å². The molecule has 1 aliphatic rings. The number of likely N-dealkylation sites (tertiary alicyclic amines) is 1. The van der Waals surface area contributed by atoms with Crippen LogP contribution in [0.25, 0.3) is 0 Å². The molecule has 1 unspecified atom stereocenters. The van der Waals surface area contributed by atoms with Gasteiger partial charge in [0.05, 0.1) is 16.7 Å². The van der Waals surface area contributed by atoms with E-state index in [-0.39, 0.29) is 43.0 Å². The van der Waals surface area contributed by atoms with Crippen molar-refractivity contribution in [3.63, 3.8) is 0 Å². The average molecular weight is 460 g/mol. The zero-order valence-corrected chi connectivity index (χ0v) is 16.4. The van der Waals surface area contributed by atoms with Crippen molar-refractivity contribution in [1.29, 1.82) is 0 Å². The van der Waals surface area contributed by atoms with Crippen LogP contribution in [0.2, 0.25) is 0 Å². The number of hydrogen-bond donors (Lipinski definition) is 2. The van der Waals surface area contributed by atoms with E-state index in [1.165, 1.54) is 23.1 Å². The van der Waals surface area contributed by atoms with Gasteiger partial charge in [-0.2, -0.15) is 26.3 Å². The quantitative estimate of drug-likeness (QED) is 0.667. The van der Waals surface area contributed by atoms with E-state index in [2.05, 4.69) is 5.32 Å². The Balaban J connectivity index is 1.71. The van der Waals surface area contributed by atoms with Crippen LogP contribution in [0.4, 0.5) is 26.3 Å². The Morgan fingerprint density at radius 1 is 1.06 bits per heavy atom. The molecule has 0 aromatic heterocycles. The fourth-order valence-corrected chi connectivity index (χ4v) is 3.49. The van der Waals surface area contributed by atoms with Gasteiger partial charge in [-0.15, -0.1) is 0 Å². The van der Waals surface area contributed by atoms with Gasteiger partial charge in [0, 0.05) is 25.6 Å². The van der Waals surface area contributed by atoms with Crippen LogP contribution in [0, 0.1) is 0 Å². The summed E-state index contributed by atoms with van der Waals surface area (Å²) in [7, 11) is 0. The Morgan fingerprint density at radius 2 is 1.75 bits per heavy atom. The molecule has 2 N–H and O–H groups in total. The molecule has 1 fully saturated rings. The molecular formula is C21H18F6N2O3. The number of benzene rings is 2. The number of rotatable bonds is 4. The third-order valence-corrected chi connectivity index (χ3v) is 5.09. The van der Waals surface area contributed by atoms with E-state index in [1.807, 2.05) is 0 Å². The van der Waals surface area contributed by atoms with E-state index in [0.29, 0.717) is 12.1 Å². The predicted octanol–water partition coefficient (Wildman–Crippen LogP) is 4.35. The number of amides is 2. The standard InChI is InChI=1S/C21H18F6N2O3/c22-20(23,24)13-5-7-15(17(30)9-13)19(32)28-14-6-8-18(31)29(11-14)10-12-3-1-2-4-16(12)21(25,26)27/h1-5,7,9,14,30H,6,8,10-11H2,(H,28,32). The molecule has 0 saturated carbocycles. The zero-order chi connectivity index (χ0) is 23.7. The van der Waals surface area contributed by atoms with Crippen LogP contribution in [-0.4, -0.2) is 34.4 Å². The monoisotopic (exact) mass is 460 g/mol. The van der Waals surface area contributed by atoms with E-state index in [9.17, 15) is 41.0 Å². The Bertz CT molecular complexity index is 1020. The predicted molar refractivity (Wildman–Crippen MR) is 100 cm³/mol. The molecular weight excluding hydrogens is 442 g/mol. The molecule has 0 bridgehead atoms. The molecule has 32 heavy (non-hydrogen) atoms. The summed E-state index contributed by atoms with van der Waals surface area (Å²) in [6.07, 6.45) is -9.12. The van der Waals surface area contributed by atoms with Crippen molar-refractivity contribution in [2.45, 2.75) is 37.8 Å². The van der Waals surface area contributed by atoms with Gasteiger partial charge in [0.1, 0.15) is 5.75 Å². The lowest BCUT2D eigenvalue weighted by atomic mass is 10.0. The Hall–Kier alpha value is -3.24. The molecule has 172 valence electrons. The summed E-state index contributed by atoms with van der Waals surface area (Å²) in [4.78, 5) is 25.8. The zero-order valence-electron chi connectivity index (χ0n) is 16.4. The second-order valence-electron chi connectivity index (χ2n) is 7.37. The number of piperidine rings is 1. The number of halogens is 6. The highest BCUT2D eigenvalue weighted by atomic mass is 19.4. The van der Waals surface area contributed by atoms with E-state index in [4.69, 9.17) is 0 Å². The van der Waals surface area contributed by atoms with Crippen molar-refractivity contribution in [2.75, 3.05) is 6.54 Å². The number of carbonyl (C=O) groups is 2. The van der Waals surface area contributed by atoms with Gasteiger partial charge in [-0.05, 0) is 36.2 Å². The first-order chi connectivity index (χ1) is 14.9. The topological polar surface area (TPSA) is 69.6 Å². The van der Waals surface area contributed by atoms with Crippen molar-refractivity contribution in [1.82, 2.24) is 10.2 Å². The highest BCUT2D eigenvalue weighted by Crippen LogP contribution is 2.34. The summed E-state index contributed by atoms with van der Waals surface area (Å²) in [5, 5.41) is 12.3. The van der Waals surface area contributed by atoms with Gasteiger partial charge >= 0.3 is 12.4 Å². The summed E-state index contributed by atoms with van der Waals surface area (Å²) in [6, 6.07) is 6.10. The second kappa shape index (κ2) is 8.71. The molecule has 5 nitrogen and oxygen atoms in total. The highest BCUT2D eigenvalue weighted by molar-refractivity contribution is 5.97. The van der Waals surface area contributed by atoms with E-state index in [0.717, 1.165) is 12.1 Å². The highest BCUT2D eigenvalue weighted by Gasteiger charge is 2.35. The number of nitrogens with one attached hydrogen (secondary N) is 1. The Morgan fingerprint density at radius 3 is 2.38 bits per heavy atom. The maximum atomic E-state index is 13.2. The SMILES string of the molecule is O=C(NC1CCC(=O)N(Cc2ccccc2C(F)(F)F)C1)c1ccc(C(F)(F)F)cc1O. The molecule has 1 heterocycles. The second-order valence-corrected chi connectivity index (χ2v) is 7.37. The van der Waals surface area contributed by atoms with Gasteiger partial charge in [-0.25, -0.2) is 0 Å². The first-order valence-corrected chi connectivity index (χ1v) is 9.50. The minimum absolute atomic E-state index is 0.0296. The lowest BCUT2D eigenvalue weighted by Gasteiger charge is -2.33. The third-order valence-electron chi connectivity index (χ3n) is 5.09. The van der Waals surface area contributed by atoms with E-state index < -0.39 is 41.2 Å². The number of alkyl halides is 6. The molecule has 2 aromatic rings. The number of aromatic hydroxyl groups is 1. The molecule has 0 radical (unpaired) electrons. The molecule has 11 heteroatoms. The third kappa shape index (κ3) is 5.32. The minimum atomic E-state index is -4.69.